The van der Waals surface area contributed by atoms with Crippen LogP contribution in [0.25, 0.3) is 0 Å². The number of hydrogen-bond acceptors (Lipinski definition) is 2. The Bertz CT molecular complexity index is 83.3. The van der Waals surface area contributed by atoms with Crippen molar-refractivity contribution in [3.05, 3.63) is 0 Å². The van der Waals surface area contributed by atoms with E-state index in [4.69, 9.17) is 5.73 Å². The van der Waals surface area contributed by atoms with Crippen LogP contribution in [0, 0.1) is 11.8 Å². The molecular weight excluding hydrogens is 126 g/mol. The van der Waals surface area contributed by atoms with Crippen molar-refractivity contribution in [1.29, 1.82) is 0 Å². The van der Waals surface area contributed by atoms with Crippen molar-refractivity contribution < 1.29 is 5.11 Å². The van der Waals surface area contributed by atoms with Gasteiger partial charge in [-0.05, 0) is 24.8 Å². The highest BCUT2D eigenvalue weighted by molar-refractivity contribution is 4.66. The Balaban J connectivity index is 3.50. The van der Waals surface area contributed by atoms with E-state index in [-0.39, 0.29) is 12.0 Å². The Labute approximate surface area is 63.4 Å². The summed E-state index contributed by atoms with van der Waals surface area (Å²) < 4.78 is 0. The molecule has 2 atom stereocenters. The fraction of sp³-hybridized carbons (Fsp3) is 1.00. The van der Waals surface area contributed by atoms with E-state index < -0.39 is 0 Å². The maximum Gasteiger partial charge on any atom is 0.0580 e. The van der Waals surface area contributed by atoms with Gasteiger partial charge in [-0.1, -0.05) is 20.8 Å². The molecule has 0 aromatic heterocycles. The van der Waals surface area contributed by atoms with Crippen molar-refractivity contribution in [3.63, 3.8) is 0 Å². The predicted molar refractivity (Wildman–Crippen MR) is 43.7 cm³/mol. The first-order valence-corrected chi connectivity index (χ1v) is 3.96. The number of aliphatic hydroxyl groups excluding tert-OH is 1. The largest absolute Gasteiger partial charge is 0.393 e. The third kappa shape index (κ3) is 3.85. The summed E-state index contributed by atoms with van der Waals surface area (Å²) in [5.41, 5.74) is 5.39. The number of aliphatic hydroxyl groups is 1. The fourth-order valence-corrected chi connectivity index (χ4v) is 0.872. The van der Waals surface area contributed by atoms with Crippen molar-refractivity contribution >= 4 is 0 Å². The topological polar surface area (TPSA) is 46.2 Å². The second kappa shape index (κ2) is 4.69. The summed E-state index contributed by atoms with van der Waals surface area (Å²) in [6.45, 7) is 6.76. The van der Waals surface area contributed by atoms with Gasteiger partial charge in [0, 0.05) is 0 Å². The summed E-state index contributed by atoms with van der Waals surface area (Å²) >= 11 is 0. The maximum atomic E-state index is 9.41. The van der Waals surface area contributed by atoms with Crippen LogP contribution in [0.15, 0.2) is 0 Å². The highest BCUT2D eigenvalue weighted by Crippen LogP contribution is 2.11. The van der Waals surface area contributed by atoms with Crippen LogP contribution in [-0.4, -0.2) is 17.8 Å². The predicted octanol–water partition coefficient (Wildman–Crippen LogP) is 0.988. The van der Waals surface area contributed by atoms with Gasteiger partial charge >= 0.3 is 0 Å². The molecule has 0 saturated heterocycles. The van der Waals surface area contributed by atoms with Crippen molar-refractivity contribution in [2.45, 2.75) is 33.3 Å². The minimum Gasteiger partial charge on any atom is -0.393 e. The molecule has 0 radical (unpaired) electrons. The maximum absolute atomic E-state index is 9.41. The molecule has 0 bridgehead atoms. The average Bonchev–Trinajstić information content (AvgIpc) is 1.85. The summed E-state index contributed by atoms with van der Waals surface area (Å²) in [7, 11) is 0. The SMILES string of the molecule is CC(C)CC(O)C(C)CN. The summed E-state index contributed by atoms with van der Waals surface area (Å²) in [5, 5.41) is 9.41. The number of nitrogens with two attached hydrogens (primary N) is 1. The lowest BCUT2D eigenvalue weighted by Gasteiger charge is -2.18. The van der Waals surface area contributed by atoms with Crippen LogP contribution in [0.4, 0.5) is 0 Å². The van der Waals surface area contributed by atoms with E-state index >= 15 is 0 Å². The first-order chi connectivity index (χ1) is 4.57. The van der Waals surface area contributed by atoms with Crippen LogP contribution in [0.3, 0.4) is 0 Å². The van der Waals surface area contributed by atoms with E-state index in [2.05, 4.69) is 13.8 Å². The van der Waals surface area contributed by atoms with Crippen LogP contribution >= 0.6 is 0 Å². The Kier molecular flexibility index (Phi) is 4.65. The lowest BCUT2D eigenvalue weighted by Crippen LogP contribution is -2.26. The molecule has 0 rings (SSSR count). The van der Waals surface area contributed by atoms with Crippen LogP contribution < -0.4 is 5.73 Å². The molecule has 0 aliphatic carbocycles. The molecule has 0 fully saturated rings. The van der Waals surface area contributed by atoms with Gasteiger partial charge in [-0.25, -0.2) is 0 Å². The van der Waals surface area contributed by atoms with E-state index in [9.17, 15) is 5.11 Å². The molecule has 0 aromatic rings. The lowest BCUT2D eigenvalue weighted by molar-refractivity contribution is 0.0982. The van der Waals surface area contributed by atoms with Crippen molar-refractivity contribution in [2.24, 2.45) is 17.6 Å². The van der Waals surface area contributed by atoms with Gasteiger partial charge in [0.2, 0.25) is 0 Å². The molecule has 0 amide bonds. The van der Waals surface area contributed by atoms with Gasteiger partial charge in [0.1, 0.15) is 0 Å². The summed E-state index contributed by atoms with van der Waals surface area (Å²) in [4.78, 5) is 0. The van der Waals surface area contributed by atoms with Gasteiger partial charge < -0.3 is 10.8 Å². The standard InChI is InChI=1S/C8H19NO/c1-6(2)4-8(10)7(3)5-9/h6-8,10H,4-5,9H2,1-3H3. The van der Waals surface area contributed by atoms with Crippen molar-refractivity contribution in [1.82, 2.24) is 0 Å². The third-order valence-corrected chi connectivity index (χ3v) is 1.74. The zero-order valence-electron chi connectivity index (χ0n) is 7.17. The van der Waals surface area contributed by atoms with Gasteiger partial charge in [-0.15, -0.1) is 0 Å². The monoisotopic (exact) mass is 145 g/mol. The summed E-state index contributed by atoms with van der Waals surface area (Å²) in [6, 6.07) is 0. The van der Waals surface area contributed by atoms with E-state index in [1.807, 2.05) is 6.92 Å². The first-order valence-electron chi connectivity index (χ1n) is 3.96. The molecule has 0 spiro atoms. The molecule has 2 heteroatoms. The summed E-state index contributed by atoms with van der Waals surface area (Å²) in [5.74, 6) is 0.798. The fourth-order valence-electron chi connectivity index (χ4n) is 0.872. The molecule has 0 heterocycles. The van der Waals surface area contributed by atoms with E-state index in [1.54, 1.807) is 0 Å². The van der Waals surface area contributed by atoms with Crippen LogP contribution in [0.1, 0.15) is 27.2 Å². The first kappa shape index (κ1) is 9.92. The second-order valence-corrected chi connectivity index (χ2v) is 3.41. The highest BCUT2D eigenvalue weighted by Gasteiger charge is 2.13. The minimum absolute atomic E-state index is 0.218. The van der Waals surface area contributed by atoms with Crippen molar-refractivity contribution in [2.75, 3.05) is 6.54 Å². The third-order valence-electron chi connectivity index (χ3n) is 1.74. The van der Waals surface area contributed by atoms with Crippen molar-refractivity contribution in [3.8, 4) is 0 Å². The Hall–Kier alpha value is -0.0800. The molecule has 3 N–H and O–H groups in total. The molecular formula is C8H19NO. The van der Waals surface area contributed by atoms with Crippen LogP contribution in [-0.2, 0) is 0 Å². The Morgan fingerprint density at radius 3 is 2.10 bits per heavy atom. The quantitative estimate of drug-likeness (QED) is 0.619. The summed E-state index contributed by atoms with van der Waals surface area (Å²) in [6.07, 6.45) is 0.642. The van der Waals surface area contributed by atoms with E-state index in [0.29, 0.717) is 12.5 Å². The smallest absolute Gasteiger partial charge is 0.0580 e. The van der Waals surface area contributed by atoms with Crippen LogP contribution in [0.5, 0.6) is 0 Å². The van der Waals surface area contributed by atoms with Gasteiger partial charge in [0.25, 0.3) is 0 Å². The zero-order chi connectivity index (χ0) is 8.15. The molecule has 2 unspecified atom stereocenters. The van der Waals surface area contributed by atoms with E-state index in [0.717, 1.165) is 6.42 Å². The normalized spacial score (nSPS) is 17.4. The average molecular weight is 145 g/mol. The van der Waals surface area contributed by atoms with Gasteiger partial charge in [0.15, 0.2) is 0 Å². The van der Waals surface area contributed by atoms with Gasteiger partial charge in [0.05, 0.1) is 6.10 Å². The molecule has 2 nitrogen and oxygen atoms in total. The molecule has 62 valence electrons. The lowest BCUT2D eigenvalue weighted by atomic mass is 9.96. The molecule has 0 aromatic carbocycles. The van der Waals surface area contributed by atoms with Gasteiger partial charge in [-0.3, -0.25) is 0 Å². The zero-order valence-corrected chi connectivity index (χ0v) is 7.17. The molecule has 0 aliphatic heterocycles. The molecule has 0 saturated carbocycles. The molecule has 10 heavy (non-hydrogen) atoms. The number of rotatable bonds is 4. The van der Waals surface area contributed by atoms with Crippen LogP contribution in [0.2, 0.25) is 0 Å². The highest BCUT2D eigenvalue weighted by atomic mass is 16.3. The minimum atomic E-state index is -0.218. The molecule has 0 aliphatic rings. The van der Waals surface area contributed by atoms with Gasteiger partial charge in [-0.2, -0.15) is 0 Å². The second-order valence-electron chi connectivity index (χ2n) is 3.41. The Morgan fingerprint density at radius 1 is 1.30 bits per heavy atom. The number of hydrogen-bond donors (Lipinski definition) is 2. The Morgan fingerprint density at radius 2 is 1.80 bits per heavy atom. The van der Waals surface area contributed by atoms with E-state index in [1.165, 1.54) is 0 Å².